The number of nitrogens with zero attached hydrogens (tertiary/aromatic N) is 6. The summed E-state index contributed by atoms with van der Waals surface area (Å²) < 4.78 is 1.53. The smallest absolute Gasteiger partial charge is 0.253 e. The van der Waals surface area contributed by atoms with Crippen molar-refractivity contribution in [3.05, 3.63) is 64.1 Å². The molecule has 4 rings (SSSR count). The van der Waals surface area contributed by atoms with Crippen LogP contribution >= 0.6 is 0 Å². The van der Waals surface area contributed by atoms with Crippen LogP contribution in [0.1, 0.15) is 40.6 Å². The summed E-state index contributed by atoms with van der Waals surface area (Å²) in [6.45, 7) is 3.03. The van der Waals surface area contributed by atoms with Gasteiger partial charge in [0.25, 0.3) is 11.5 Å². The van der Waals surface area contributed by atoms with Gasteiger partial charge in [-0.15, -0.1) is 5.10 Å². The molecule has 9 heteroatoms. The molecule has 3 heterocycles. The number of aromatic nitrogens is 6. The summed E-state index contributed by atoms with van der Waals surface area (Å²) in [4.78, 5) is 33.6. The quantitative estimate of drug-likeness (QED) is 0.744. The molecule has 0 radical (unpaired) electrons. The number of rotatable bonds is 3. The number of nitrogens with one attached hydrogen (secondary N) is 1. The lowest BCUT2D eigenvalue weighted by molar-refractivity contribution is 0.0706. The van der Waals surface area contributed by atoms with Gasteiger partial charge in [-0.3, -0.25) is 9.59 Å². The molecular weight excluding hydrogens is 346 g/mol. The fourth-order valence-electron chi connectivity index (χ4n) is 3.43. The summed E-state index contributed by atoms with van der Waals surface area (Å²) in [5.74, 6) is 0.646. The second-order valence-corrected chi connectivity index (χ2v) is 6.65. The minimum absolute atomic E-state index is 0.0236. The van der Waals surface area contributed by atoms with Crippen molar-refractivity contribution < 1.29 is 4.79 Å². The van der Waals surface area contributed by atoms with Crippen LogP contribution in [0.25, 0.3) is 5.69 Å². The molecule has 0 aliphatic carbocycles. The molecule has 2 aromatic heterocycles. The lowest BCUT2D eigenvalue weighted by atomic mass is 9.94. The predicted molar refractivity (Wildman–Crippen MR) is 96.6 cm³/mol. The van der Waals surface area contributed by atoms with E-state index in [0.717, 1.165) is 24.2 Å². The molecule has 1 atom stereocenters. The van der Waals surface area contributed by atoms with E-state index in [9.17, 15) is 9.59 Å². The summed E-state index contributed by atoms with van der Waals surface area (Å²) >= 11 is 0. The molecule has 0 spiro atoms. The average Bonchev–Trinajstić information content (AvgIpc) is 3.22. The minimum Gasteiger partial charge on any atom is -0.338 e. The van der Waals surface area contributed by atoms with E-state index in [1.165, 1.54) is 17.1 Å². The fraction of sp³-hybridized carbons (Fsp3) is 0.333. The Morgan fingerprint density at radius 2 is 2.07 bits per heavy atom. The van der Waals surface area contributed by atoms with Crippen molar-refractivity contribution in [2.24, 2.45) is 0 Å². The number of amides is 1. The van der Waals surface area contributed by atoms with E-state index in [1.807, 2.05) is 17.0 Å². The molecule has 0 bridgehead atoms. The van der Waals surface area contributed by atoms with E-state index >= 15 is 0 Å². The summed E-state index contributed by atoms with van der Waals surface area (Å²) in [6, 6.07) is 8.71. The second-order valence-electron chi connectivity index (χ2n) is 6.65. The Bertz CT molecular complexity index is 995. The van der Waals surface area contributed by atoms with Gasteiger partial charge in [0, 0.05) is 30.6 Å². The lowest BCUT2D eigenvalue weighted by Crippen LogP contribution is -2.39. The highest BCUT2D eigenvalue weighted by Crippen LogP contribution is 2.26. The van der Waals surface area contributed by atoms with Crippen LogP contribution in [0.3, 0.4) is 0 Å². The monoisotopic (exact) mass is 365 g/mol. The molecule has 138 valence electrons. The van der Waals surface area contributed by atoms with Crippen molar-refractivity contribution in [1.82, 2.24) is 35.1 Å². The number of tetrazole rings is 1. The Hall–Kier alpha value is -3.36. The average molecular weight is 365 g/mol. The molecule has 1 amide bonds. The standard InChI is InChI=1S/C18H19N7O2/c1-12-20-16(9-17(26)21-12)14-3-2-8-24(10-14)18(27)13-4-6-15(7-5-13)25-11-19-22-23-25/h4-7,9,11,14H,2-3,8,10H2,1H3,(H,20,21,26). The van der Waals surface area contributed by atoms with Gasteiger partial charge in [-0.2, -0.15) is 0 Å². The van der Waals surface area contributed by atoms with Crippen LogP contribution in [0, 0.1) is 6.92 Å². The van der Waals surface area contributed by atoms with Crippen molar-refractivity contribution >= 4 is 5.91 Å². The highest BCUT2D eigenvalue weighted by Gasteiger charge is 2.26. The summed E-state index contributed by atoms with van der Waals surface area (Å²) in [6.07, 6.45) is 3.30. The van der Waals surface area contributed by atoms with Gasteiger partial charge < -0.3 is 9.88 Å². The Morgan fingerprint density at radius 1 is 1.26 bits per heavy atom. The normalized spacial score (nSPS) is 17.1. The Balaban J connectivity index is 1.50. The first-order valence-corrected chi connectivity index (χ1v) is 8.81. The maximum absolute atomic E-state index is 12.9. The van der Waals surface area contributed by atoms with Gasteiger partial charge in [0.2, 0.25) is 0 Å². The molecule has 1 saturated heterocycles. The Labute approximate surface area is 155 Å². The number of likely N-dealkylation sites (tertiary alicyclic amines) is 1. The Morgan fingerprint density at radius 3 is 2.78 bits per heavy atom. The molecular formula is C18H19N7O2. The number of H-pyrrole nitrogens is 1. The third kappa shape index (κ3) is 3.62. The number of hydrogen-bond acceptors (Lipinski definition) is 6. The fourth-order valence-corrected chi connectivity index (χ4v) is 3.43. The molecule has 3 aromatic rings. The van der Waals surface area contributed by atoms with Crippen molar-refractivity contribution in [2.45, 2.75) is 25.7 Å². The van der Waals surface area contributed by atoms with Gasteiger partial charge in [-0.05, 0) is 54.5 Å². The van der Waals surface area contributed by atoms with Gasteiger partial charge in [0.05, 0.1) is 11.4 Å². The van der Waals surface area contributed by atoms with Crippen LogP contribution < -0.4 is 5.56 Å². The number of carbonyl (C=O) groups is 1. The van der Waals surface area contributed by atoms with E-state index in [1.54, 1.807) is 19.1 Å². The van der Waals surface area contributed by atoms with Crippen LogP contribution in [0.5, 0.6) is 0 Å². The Kier molecular flexibility index (Phi) is 4.49. The third-order valence-corrected chi connectivity index (χ3v) is 4.73. The number of piperidine rings is 1. The maximum atomic E-state index is 12.9. The van der Waals surface area contributed by atoms with Crippen LogP contribution in [0.2, 0.25) is 0 Å². The number of benzene rings is 1. The van der Waals surface area contributed by atoms with Crippen molar-refractivity contribution in [3.63, 3.8) is 0 Å². The molecule has 27 heavy (non-hydrogen) atoms. The summed E-state index contributed by atoms with van der Waals surface area (Å²) in [5.41, 5.74) is 2.00. The minimum atomic E-state index is -0.154. The molecule has 1 fully saturated rings. The SMILES string of the molecule is Cc1nc(C2CCCN(C(=O)c3ccc(-n4cnnn4)cc3)C2)cc(=O)[nH]1. The predicted octanol–water partition coefficient (Wildman–Crippen LogP) is 1.07. The molecule has 1 aliphatic rings. The van der Waals surface area contributed by atoms with Crippen LogP contribution in [-0.2, 0) is 0 Å². The van der Waals surface area contributed by atoms with Crippen molar-refractivity contribution in [2.75, 3.05) is 13.1 Å². The zero-order valence-corrected chi connectivity index (χ0v) is 14.9. The first-order chi connectivity index (χ1) is 13.1. The van der Waals surface area contributed by atoms with Gasteiger partial charge >= 0.3 is 0 Å². The molecule has 1 aromatic carbocycles. The van der Waals surface area contributed by atoms with Crippen LogP contribution in [-0.4, -0.2) is 54.1 Å². The van der Waals surface area contributed by atoms with Gasteiger partial charge in [0.15, 0.2) is 0 Å². The number of carbonyl (C=O) groups excluding carboxylic acids is 1. The second kappa shape index (κ2) is 7.10. The zero-order valence-electron chi connectivity index (χ0n) is 14.9. The number of aryl methyl sites for hydroxylation is 1. The van der Waals surface area contributed by atoms with Crippen LogP contribution in [0.4, 0.5) is 0 Å². The molecule has 1 aliphatic heterocycles. The highest BCUT2D eigenvalue weighted by molar-refractivity contribution is 5.94. The van der Waals surface area contributed by atoms with Gasteiger partial charge in [-0.25, -0.2) is 9.67 Å². The third-order valence-electron chi connectivity index (χ3n) is 4.73. The van der Waals surface area contributed by atoms with E-state index in [-0.39, 0.29) is 17.4 Å². The first-order valence-electron chi connectivity index (χ1n) is 8.81. The molecule has 9 nitrogen and oxygen atoms in total. The van der Waals surface area contributed by atoms with E-state index in [2.05, 4.69) is 25.5 Å². The summed E-state index contributed by atoms with van der Waals surface area (Å²) in [7, 11) is 0. The maximum Gasteiger partial charge on any atom is 0.253 e. The zero-order chi connectivity index (χ0) is 18.8. The summed E-state index contributed by atoms with van der Waals surface area (Å²) in [5, 5.41) is 11.0. The molecule has 1 N–H and O–H groups in total. The topological polar surface area (TPSA) is 110 Å². The first kappa shape index (κ1) is 17.1. The molecule has 1 unspecified atom stereocenters. The highest BCUT2D eigenvalue weighted by atomic mass is 16.2. The van der Waals surface area contributed by atoms with E-state index in [4.69, 9.17) is 0 Å². The van der Waals surface area contributed by atoms with Crippen LogP contribution in [0.15, 0.2) is 41.5 Å². The van der Waals surface area contributed by atoms with Crippen molar-refractivity contribution in [3.8, 4) is 5.69 Å². The van der Waals surface area contributed by atoms with Gasteiger partial charge in [-0.1, -0.05) is 0 Å². The number of aromatic amines is 1. The van der Waals surface area contributed by atoms with Gasteiger partial charge in [0.1, 0.15) is 12.2 Å². The van der Waals surface area contributed by atoms with Crippen molar-refractivity contribution in [1.29, 1.82) is 0 Å². The number of hydrogen-bond donors (Lipinski definition) is 1. The largest absolute Gasteiger partial charge is 0.338 e. The lowest BCUT2D eigenvalue weighted by Gasteiger charge is -2.32. The molecule has 0 saturated carbocycles. The van der Waals surface area contributed by atoms with E-state index < -0.39 is 0 Å². The van der Waals surface area contributed by atoms with E-state index in [0.29, 0.717) is 24.5 Å².